The van der Waals surface area contributed by atoms with Gasteiger partial charge in [0.25, 0.3) is 5.69 Å². The number of hydrogen-bond donors (Lipinski definition) is 0. The Morgan fingerprint density at radius 1 is 1.07 bits per heavy atom. The Hall–Kier alpha value is -3.32. The van der Waals surface area contributed by atoms with Crippen molar-refractivity contribution in [2.24, 2.45) is 5.10 Å². The van der Waals surface area contributed by atoms with E-state index < -0.39 is 11.2 Å². The average molecular weight is 417 g/mol. The van der Waals surface area contributed by atoms with E-state index in [1.165, 1.54) is 17.0 Å². The van der Waals surface area contributed by atoms with Gasteiger partial charge in [0.2, 0.25) is 6.23 Å². The molecule has 30 heavy (non-hydrogen) atoms. The monoisotopic (exact) mass is 417 g/mol. The number of hydrogen-bond acceptors (Lipinski definition) is 6. The second kappa shape index (κ2) is 7.50. The van der Waals surface area contributed by atoms with Crippen molar-refractivity contribution < 1.29 is 9.66 Å². The Labute approximate surface area is 178 Å². The van der Waals surface area contributed by atoms with Crippen molar-refractivity contribution >= 4 is 23.2 Å². The van der Waals surface area contributed by atoms with Crippen LogP contribution < -0.4 is 4.74 Å². The predicted molar refractivity (Wildman–Crippen MR) is 117 cm³/mol. The lowest BCUT2D eigenvalue weighted by molar-refractivity contribution is -0.384. The van der Waals surface area contributed by atoms with Crippen molar-refractivity contribution in [3.05, 3.63) is 99.6 Å². The van der Waals surface area contributed by atoms with Crippen LogP contribution in [0.3, 0.4) is 0 Å². The second-order valence-electron chi connectivity index (χ2n) is 7.23. The molecule has 2 unspecified atom stereocenters. The normalized spacial score (nSPS) is 19.5. The number of nitrogens with zero attached hydrogens (tertiary/aromatic N) is 3. The lowest BCUT2D eigenvalue weighted by Gasteiger charge is -2.38. The van der Waals surface area contributed by atoms with Gasteiger partial charge in [-0.3, -0.25) is 10.1 Å². The SMILES string of the molecule is CSc1ccc(C2=NN3C(C2)c2ccccc2OC3c2ccc([N+](=O)[O-])cc2)cc1. The van der Waals surface area contributed by atoms with Gasteiger partial charge in [0.15, 0.2) is 0 Å². The minimum absolute atomic E-state index is 0.0605. The van der Waals surface area contributed by atoms with E-state index in [0.717, 1.165) is 34.6 Å². The quantitative estimate of drug-likeness (QED) is 0.316. The molecule has 5 rings (SSSR count). The van der Waals surface area contributed by atoms with E-state index in [1.54, 1.807) is 23.9 Å². The van der Waals surface area contributed by atoms with Gasteiger partial charge < -0.3 is 4.74 Å². The number of benzene rings is 3. The summed E-state index contributed by atoms with van der Waals surface area (Å²) >= 11 is 1.71. The summed E-state index contributed by atoms with van der Waals surface area (Å²) in [6, 6.07) is 23.0. The Kier molecular flexibility index (Phi) is 4.67. The summed E-state index contributed by atoms with van der Waals surface area (Å²) in [5, 5.41) is 17.9. The van der Waals surface area contributed by atoms with E-state index in [4.69, 9.17) is 9.84 Å². The summed E-state index contributed by atoms with van der Waals surface area (Å²) in [7, 11) is 0. The van der Waals surface area contributed by atoms with Gasteiger partial charge in [0, 0.05) is 34.6 Å². The molecule has 0 N–H and O–H groups in total. The third-order valence-corrected chi connectivity index (χ3v) is 6.25. The van der Waals surface area contributed by atoms with Crippen LogP contribution in [0.15, 0.2) is 82.8 Å². The van der Waals surface area contributed by atoms with Crippen molar-refractivity contribution in [2.75, 3.05) is 6.26 Å². The zero-order chi connectivity index (χ0) is 20.7. The molecule has 2 heterocycles. The maximum atomic E-state index is 11.0. The van der Waals surface area contributed by atoms with Crippen LogP contribution in [0.4, 0.5) is 5.69 Å². The number of thioether (sulfide) groups is 1. The fourth-order valence-corrected chi connectivity index (χ4v) is 4.38. The lowest BCUT2D eigenvalue weighted by atomic mass is 9.96. The number of para-hydroxylation sites is 1. The van der Waals surface area contributed by atoms with E-state index >= 15 is 0 Å². The number of nitro groups is 1. The van der Waals surface area contributed by atoms with Gasteiger partial charge >= 0.3 is 0 Å². The molecular weight excluding hydrogens is 398 g/mol. The molecular formula is C23H19N3O3S. The Morgan fingerprint density at radius 2 is 1.80 bits per heavy atom. The third-order valence-electron chi connectivity index (χ3n) is 5.51. The molecule has 3 aromatic carbocycles. The molecule has 0 saturated heterocycles. The Morgan fingerprint density at radius 3 is 2.50 bits per heavy atom. The molecule has 0 aromatic heterocycles. The van der Waals surface area contributed by atoms with Crippen LogP contribution in [0.1, 0.15) is 35.4 Å². The molecule has 150 valence electrons. The van der Waals surface area contributed by atoms with Crippen molar-refractivity contribution in [3.8, 4) is 5.75 Å². The third kappa shape index (κ3) is 3.21. The molecule has 0 bridgehead atoms. The largest absolute Gasteiger partial charge is 0.464 e. The molecule has 7 heteroatoms. The molecule has 2 aliphatic rings. The van der Waals surface area contributed by atoms with Gasteiger partial charge in [-0.2, -0.15) is 5.10 Å². The van der Waals surface area contributed by atoms with Gasteiger partial charge in [0.05, 0.1) is 16.7 Å². The van der Waals surface area contributed by atoms with Crippen molar-refractivity contribution in [3.63, 3.8) is 0 Å². The highest BCUT2D eigenvalue weighted by Crippen LogP contribution is 2.47. The van der Waals surface area contributed by atoms with E-state index in [9.17, 15) is 10.1 Å². The number of non-ortho nitro benzene ring substituents is 1. The van der Waals surface area contributed by atoms with Gasteiger partial charge in [-0.05, 0) is 42.2 Å². The standard InChI is InChI=1S/C23H19N3O3S/c1-30-18-12-8-15(9-13-18)20-14-21-19-4-2-3-5-22(19)29-23(25(21)24-20)16-6-10-17(11-7-16)26(27)28/h2-13,21,23H,14H2,1H3. The van der Waals surface area contributed by atoms with E-state index in [2.05, 4.69) is 36.6 Å². The van der Waals surface area contributed by atoms with Crippen molar-refractivity contribution in [1.29, 1.82) is 0 Å². The van der Waals surface area contributed by atoms with Crippen LogP contribution in [0.5, 0.6) is 5.75 Å². The molecule has 0 amide bonds. The van der Waals surface area contributed by atoms with Crippen molar-refractivity contribution in [1.82, 2.24) is 5.01 Å². The molecule has 2 atom stereocenters. The smallest absolute Gasteiger partial charge is 0.269 e. The van der Waals surface area contributed by atoms with Crippen LogP contribution in [0, 0.1) is 10.1 Å². The predicted octanol–water partition coefficient (Wildman–Crippen LogP) is 5.56. The highest BCUT2D eigenvalue weighted by atomic mass is 32.2. The number of rotatable bonds is 4. The second-order valence-corrected chi connectivity index (χ2v) is 8.11. The molecule has 3 aromatic rings. The molecule has 0 radical (unpaired) electrons. The van der Waals surface area contributed by atoms with Crippen molar-refractivity contribution in [2.45, 2.75) is 23.6 Å². The van der Waals surface area contributed by atoms with Gasteiger partial charge in [0.1, 0.15) is 5.75 Å². The number of nitro benzene ring substituents is 1. The summed E-state index contributed by atoms with van der Waals surface area (Å²) in [5.41, 5.74) is 4.12. The van der Waals surface area contributed by atoms with Crippen LogP contribution in [0.2, 0.25) is 0 Å². The molecule has 0 spiro atoms. The highest BCUT2D eigenvalue weighted by molar-refractivity contribution is 7.98. The molecule has 0 fully saturated rings. The first-order valence-electron chi connectivity index (χ1n) is 9.64. The lowest BCUT2D eigenvalue weighted by Crippen LogP contribution is -2.33. The van der Waals surface area contributed by atoms with Gasteiger partial charge in [-0.1, -0.05) is 30.3 Å². The maximum Gasteiger partial charge on any atom is 0.269 e. The highest BCUT2D eigenvalue weighted by Gasteiger charge is 2.40. The number of fused-ring (bicyclic) bond motifs is 3. The Bertz CT molecular complexity index is 1130. The maximum absolute atomic E-state index is 11.0. The fraction of sp³-hybridized carbons (Fsp3) is 0.174. The summed E-state index contributed by atoms with van der Waals surface area (Å²) in [4.78, 5) is 11.8. The summed E-state index contributed by atoms with van der Waals surface area (Å²) in [6.45, 7) is 0. The average Bonchev–Trinajstić information content (AvgIpc) is 3.24. The first kappa shape index (κ1) is 18.7. The Balaban J connectivity index is 1.54. The van der Waals surface area contributed by atoms with Crippen LogP contribution in [-0.2, 0) is 0 Å². The van der Waals surface area contributed by atoms with Crippen LogP contribution in [-0.4, -0.2) is 21.9 Å². The zero-order valence-electron chi connectivity index (χ0n) is 16.3. The summed E-state index contributed by atoms with van der Waals surface area (Å²) < 4.78 is 6.30. The molecule has 0 aliphatic carbocycles. The van der Waals surface area contributed by atoms with E-state index in [0.29, 0.717) is 0 Å². The topological polar surface area (TPSA) is 68.0 Å². The molecule has 6 nitrogen and oxygen atoms in total. The first-order chi connectivity index (χ1) is 14.6. The van der Waals surface area contributed by atoms with Crippen LogP contribution in [0.25, 0.3) is 0 Å². The minimum Gasteiger partial charge on any atom is -0.464 e. The summed E-state index contributed by atoms with van der Waals surface area (Å²) in [6.07, 6.45) is 2.40. The molecule has 0 saturated carbocycles. The van der Waals surface area contributed by atoms with Gasteiger partial charge in [-0.25, -0.2) is 5.01 Å². The summed E-state index contributed by atoms with van der Waals surface area (Å²) in [5.74, 6) is 0.830. The minimum atomic E-state index is -0.436. The van der Waals surface area contributed by atoms with Crippen LogP contribution >= 0.6 is 11.8 Å². The first-order valence-corrected chi connectivity index (χ1v) is 10.9. The van der Waals surface area contributed by atoms with Gasteiger partial charge in [-0.15, -0.1) is 11.8 Å². The number of ether oxygens (including phenoxy) is 1. The zero-order valence-corrected chi connectivity index (χ0v) is 17.1. The fourth-order valence-electron chi connectivity index (χ4n) is 3.97. The number of hydrazone groups is 1. The van der Waals surface area contributed by atoms with E-state index in [-0.39, 0.29) is 11.7 Å². The molecule has 2 aliphatic heterocycles. The van der Waals surface area contributed by atoms with E-state index in [1.807, 2.05) is 23.2 Å².